The maximum atomic E-state index is 5.73. The van der Waals surface area contributed by atoms with Crippen LogP contribution >= 0.6 is 11.8 Å². The molecule has 0 N–H and O–H groups in total. The van der Waals surface area contributed by atoms with Crippen LogP contribution in [0.2, 0.25) is 0 Å². The number of unbranched alkanes of at least 4 members (excludes halogenated alkanes) is 3. The van der Waals surface area contributed by atoms with E-state index in [1.54, 1.807) is 0 Å². The summed E-state index contributed by atoms with van der Waals surface area (Å²) < 4.78 is 5.73. The molecule has 1 fully saturated rings. The summed E-state index contributed by atoms with van der Waals surface area (Å²) in [6.45, 7) is 5.50. The molecule has 0 saturated carbocycles. The Kier molecular flexibility index (Phi) is 5.88. The van der Waals surface area contributed by atoms with Crippen LogP contribution in [0.4, 0.5) is 0 Å². The maximum absolute atomic E-state index is 5.73. The molecule has 0 unspecified atom stereocenters. The predicted molar refractivity (Wildman–Crippen MR) is 60.1 cm³/mol. The molecule has 1 rings (SSSR count). The molecule has 0 bridgehead atoms. The molecule has 1 heterocycles. The fraction of sp³-hybridized carbons (Fsp3) is 1.00. The van der Waals surface area contributed by atoms with Crippen LogP contribution in [0, 0.1) is 5.92 Å². The molecule has 13 heavy (non-hydrogen) atoms. The van der Waals surface area contributed by atoms with Gasteiger partial charge >= 0.3 is 0 Å². The lowest BCUT2D eigenvalue weighted by Gasteiger charge is -2.26. The standard InChI is InChI=1S/C11H22OS/c1-3-4-5-6-7-11-12-8-10(2)9-13-11/h10-11H,3-9H2,1-2H3/t10-,11-/m0/s1. The molecular formula is C11H22OS. The summed E-state index contributed by atoms with van der Waals surface area (Å²) >= 11 is 2.01. The van der Waals surface area contributed by atoms with Gasteiger partial charge in [-0.15, -0.1) is 11.8 Å². The third kappa shape index (κ3) is 4.92. The zero-order valence-electron chi connectivity index (χ0n) is 8.92. The molecule has 0 radical (unpaired) electrons. The van der Waals surface area contributed by atoms with Crippen LogP contribution in [-0.4, -0.2) is 17.8 Å². The van der Waals surface area contributed by atoms with Gasteiger partial charge in [0.25, 0.3) is 0 Å². The van der Waals surface area contributed by atoms with E-state index in [2.05, 4.69) is 13.8 Å². The molecule has 2 atom stereocenters. The van der Waals surface area contributed by atoms with Crippen molar-refractivity contribution >= 4 is 11.8 Å². The average Bonchev–Trinajstić information content (AvgIpc) is 2.15. The summed E-state index contributed by atoms with van der Waals surface area (Å²) in [5.41, 5.74) is 0.507. The number of rotatable bonds is 5. The third-order valence-corrected chi connectivity index (χ3v) is 3.93. The van der Waals surface area contributed by atoms with Crippen molar-refractivity contribution in [2.45, 2.75) is 51.4 Å². The van der Waals surface area contributed by atoms with Crippen LogP contribution in [0.1, 0.15) is 46.0 Å². The first-order valence-electron chi connectivity index (χ1n) is 5.56. The molecule has 0 aromatic carbocycles. The van der Waals surface area contributed by atoms with E-state index in [-0.39, 0.29) is 0 Å². The van der Waals surface area contributed by atoms with Gasteiger partial charge in [-0.05, 0) is 18.8 Å². The Bertz CT molecular complexity index is 119. The highest BCUT2D eigenvalue weighted by Gasteiger charge is 2.18. The molecule has 0 amide bonds. The van der Waals surface area contributed by atoms with Crippen molar-refractivity contribution < 1.29 is 4.74 Å². The molecule has 1 aliphatic heterocycles. The molecule has 1 nitrogen and oxygen atoms in total. The molecule has 2 heteroatoms. The Morgan fingerprint density at radius 1 is 1.31 bits per heavy atom. The van der Waals surface area contributed by atoms with Crippen molar-refractivity contribution in [3.05, 3.63) is 0 Å². The van der Waals surface area contributed by atoms with Gasteiger partial charge in [0.15, 0.2) is 0 Å². The third-order valence-electron chi connectivity index (χ3n) is 2.43. The van der Waals surface area contributed by atoms with E-state index in [1.165, 1.54) is 37.9 Å². The quantitative estimate of drug-likeness (QED) is 0.629. The van der Waals surface area contributed by atoms with Crippen molar-refractivity contribution in [3.8, 4) is 0 Å². The van der Waals surface area contributed by atoms with Crippen LogP contribution in [0.15, 0.2) is 0 Å². The Hall–Kier alpha value is 0.310. The van der Waals surface area contributed by atoms with E-state index >= 15 is 0 Å². The zero-order valence-corrected chi connectivity index (χ0v) is 9.74. The van der Waals surface area contributed by atoms with E-state index in [0.29, 0.717) is 5.44 Å². The fourth-order valence-corrected chi connectivity index (χ4v) is 2.69. The van der Waals surface area contributed by atoms with Gasteiger partial charge in [0, 0.05) is 5.75 Å². The van der Waals surface area contributed by atoms with Crippen molar-refractivity contribution in [1.29, 1.82) is 0 Å². The highest BCUT2D eigenvalue weighted by molar-refractivity contribution is 7.99. The first kappa shape index (κ1) is 11.4. The van der Waals surface area contributed by atoms with Gasteiger partial charge in [-0.1, -0.05) is 33.1 Å². The second kappa shape index (κ2) is 6.72. The first-order valence-corrected chi connectivity index (χ1v) is 6.61. The summed E-state index contributed by atoms with van der Waals surface area (Å²) in [6.07, 6.45) is 6.70. The second-order valence-corrected chi connectivity index (χ2v) is 5.24. The van der Waals surface area contributed by atoms with E-state index in [4.69, 9.17) is 4.74 Å². The lowest BCUT2D eigenvalue weighted by molar-refractivity contribution is 0.0750. The second-order valence-electron chi connectivity index (χ2n) is 4.05. The van der Waals surface area contributed by atoms with Crippen molar-refractivity contribution in [2.24, 2.45) is 5.92 Å². The summed E-state index contributed by atoms with van der Waals surface area (Å²) in [5, 5.41) is 0. The number of ether oxygens (including phenoxy) is 1. The minimum atomic E-state index is 0.507. The monoisotopic (exact) mass is 202 g/mol. The fourth-order valence-electron chi connectivity index (χ4n) is 1.54. The van der Waals surface area contributed by atoms with Crippen LogP contribution in [0.25, 0.3) is 0 Å². The molecule has 0 spiro atoms. The summed E-state index contributed by atoms with van der Waals surface area (Å²) in [4.78, 5) is 0. The zero-order chi connectivity index (χ0) is 9.52. The van der Waals surface area contributed by atoms with E-state index in [1.807, 2.05) is 11.8 Å². The van der Waals surface area contributed by atoms with Crippen molar-refractivity contribution in [1.82, 2.24) is 0 Å². The van der Waals surface area contributed by atoms with Gasteiger partial charge in [0.1, 0.15) is 5.44 Å². The first-order chi connectivity index (χ1) is 6.33. The minimum absolute atomic E-state index is 0.507. The molecule has 1 saturated heterocycles. The van der Waals surface area contributed by atoms with Gasteiger partial charge < -0.3 is 4.74 Å². The summed E-state index contributed by atoms with van der Waals surface area (Å²) in [5.74, 6) is 2.05. The molecule has 0 aliphatic carbocycles. The predicted octanol–water partition coefficient (Wildman–Crippen LogP) is 3.68. The summed E-state index contributed by atoms with van der Waals surface area (Å²) in [6, 6.07) is 0. The highest BCUT2D eigenvalue weighted by Crippen LogP contribution is 2.26. The van der Waals surface area contributed by atoms with E-state index in [0.717, 1.165) is 12.5 Å². The van der Waals surface area contributed by atoms with Crippen LogP contribution in [0.5, 0.6) is 0 Å². The van der Waals surface area contributed by atoms with E-state index in [9.17, 15) is 0 Å². The van der Waals surface area contributed by atoms with E-state index < -0.39 is 0 Å². The Morgan fingerprint density at radius 2 is 2.15 bits per heavy atom. The Balaban J connectivity index is 1.96. The van der Waals surface area contributed by atoms with Crippen LogP contribution in [0.3, 0.4) is 0 Å². The minimum Gasteiger partial charge on any atom is -0.367 e. The largest absolute Gasteiger partial charge is 0.367 e. The van der Waals surface area contributed by atoms with Gasteiger partial charge in [-0.2, -0.15) is 0 Å². The molecule has 0 aromatic heterocycles. The normalized spacial score (nSPS) is 29.1. The maximum Gasteiger partial charge on any atom is 0.103 e. The topological polar surface area (TPSA) is 9.23 Å². The summed E-state index contributed by atoms with van der Waals surface area (Å²) in [7, 11) is 0. The van der Waals surface area contributed by atoms with Gasteiger partial charge in [-0.3, -0.25) is 0 Å². The SMILES string of the molecule is CCCCCC[C@H]1OC[C@H](C)CS1. The van der Waals surface area contributed by atoms with Gasteiger partial charge in [0.05, 0.1) is 6.61 Å². The highest BCUT2D eigenvalue weighted by atomic mass is 32.2. The number of thioether (sulfide) groups is 1. The van der Waals surface area contributed by atoms with Crippen LogP contribution < -0.4 is 0 Å². The Morgan fingerprint density at radius 3 is 2.77 bits per heavy atom. The number of hydrogen-bond donors (Lipinski definition) is 0. The molecule has 78 valence electrons. The molecule has 1 aliphatic rings. The number of hydrogen-bond acceptors (Lipinski definition) is 2. The van der Waals surface area contributed by atoms with Crippen LogP contribution in [-0.2, 0) is 4.74 Å². The lowest BCUT2D eigenvalue weighted by atomic mass is 10.1. The van der Waals surface area contributed by atoms with Crippen molar-refractivity contribution in [2.75, 3.05) is 12.4 Å². The lowest BCUT2D eigenvalue weighted by Crippen LogP contribution is -2.22. The van der Waals surface area contributed by atoms with Crippen molar-refractivity contribution in [3.63, 3.8) is 0 Å². The van der Waals surface area contributed by atoms with Gasteiger partial charge in [0.2, 0.25) is 0 Å². The smallest absolute Gasteiger partial charge is 0.103 e. The Labute approximate surface area is 86.6 Å². The average molecular weight is 202 g/mol. The van der Waals surface area contributed by atoms with Gasteiger partial charge in [-0.25, -0.2) is 0 Å². The molecule has 0 aromatic rings. The molecular weight excluding hydrogens is 180 g/mol.